The van der Waals surface area contributed by atoms with Gasteiger partial charge in [-0.05, 0) is 44.7 Å². The number of hydrogen-bond donors (Lipinski definition) is 1. The van der Waals surface area contributed by atoms with E-state index in [-0.39, 0.29) is 6.10 Å². The van der Waals surface area contributed by atoms with Gasteiger partial charge in [0.05, 0.1) is 0 Å². The zero-order chi connectivity index (χ0) is 14.4. The summed E-state index contributed by atoms with van der Waals surface area (Å²) in [6.45, 7) is 9.09. The minimum Gasteiger partial charge on any atom is -0.373 e. The van der Waals surface area contributed by atoms with Crippen molar-refractivity contribution in [3.63, 3.8) is 0 Å². The van der Waals surface area contributed by atoms with E-state index in [1.165, 1.54) is 5.56 Å². The summed E-state index contributed by atoms with van der Waals surface area (Å²) in [4.78, 5) is 9.27. The zero-order valence-electron chi connectivity index (χ0n) is 12.9. The summed E-state index contributed by atoms with van der Waals surface area (Å²) in [7, 11) is 1.72. The van der Waals surface area contributed by atoms with Crippen LogP contribution in [0.25, 0.3) is 0 Å². The van der Waals surface area contributed by atoms with Crippen LogP contribution in [0, 0.1) is 19.8 Å². The molecule has 0 fully saturated rings. The second kappa shape index (κ2) is 7.56. The number of ether oxygens (including phenoxy) is 1. The fourth-order valence-electron chi connectivity index (χ4n) is 2.25. The Morgan fingerprint density at radius 3 is 2.21 bits per heavy atom. The van der Waals surface area contributed by atoms with Crippen molar-refractivity contribution in [1.29, 1.82) is 0 Å². The maximum Gasteiger partial charge on any atom is 0.157 e. The molecule has 1 rings (SSSR count). The summed E-state index contributed by atoms with van der Waals surface area (Å²) in [5.74, 6) is 1.27. The molecule has 0 aliphatic carbocycles. The molecule has 0 aliphatic heterocycles. The molecule has 0 aliphatic rings. The second-order valence-electron chi connectivity index (χ2n) is 5.29. The fourth-order valence-corrected chi connectivity index (χ4v) is 2.25. The van der Waals surface area contributed by atoms with Crippen LogP contribution in [0.3, 0.4) is 0 Å². The van der Waals surface area contributed by atoms with Crippen molar-refractivity contribution >= 4 is 0 Å². The summed E-state index contributed by atoms with van der Waals surface area (Å²) < 4.78 is 5.48. The number of nitrogens with zero attached hydrogens (tertiary/aromatic N) is 2. The fraction of sp³-hybridized carbons (Fsp3) is 0.733. The van der Waals surface area contributed by atoms with Crippen LogP contribution in [0.15, 0.2) is 0 Å². The molecule has 19 heavy (non-hydrogen) atoms. The Hall–Kier alpha value is -1.00. The van der Waals surface area contributed by atoms with E-state index < -0.39 is 0 Å². The highest BCUT2D eigenvalue weighted by Crippen LogP contribution is 2.22. The average Bonchev–Trinajstić information content (AvgIpc) is 2.39. The van der Waals surface area contributed by atoms with Crippen LogP contribution < -0.4 is 5.73 Å². The van der Waals surface area contributed by atoms with Crippen molar-refractivity contribution in [2.45, 2.75) is 53.1 Å². The van der Waals surface area contributed by atoms with Gasteiger partial charge in [-0.3, -0.25) is 0 Å². The van der Waals surface area contributed by atoms with Crippen LogP contribution in [0.4, 0.5) is 0 Å². The molecule has 1 aromatic heterocycles. The average molecular weight is 265 g/mol. The van der Waals surface area contributed by atoms with Gasteiger partial charge < -0.3 is 10.5 Å². The molecule has 0 bridgehead atoms. The highest BCUT2D eigenvalue weighted by atomic mass is 16.5. The molecule has 4 heteroatoms. The first-order valence-corrected chi connectivity index (χ1v) is 7.10. The topological polar surface area (TPSA) is 61.0 Å². The molecular formula is C15H27N3O. The smallest absolute Gasteiger partial charge is 0.157 e. The van der Waals surface area contributed by atoms with Crippen LogP contribution in [0.1, 0.15) is 55.6 Å². The molecule has 0 saturated carbocycles. The first kappa shape index (κ1) is 16.1. The zero-order valence-corrected chi connectivity index (χ0v) is 12.9. The van der Waals surface area contributed by atoms with Gasteiger partial charge in [-0.1, -0.05) is 20.3 Å². The molecule has 0 radical (unpaired) electrons. The van der Waals surface area contributed by atoms with Crippen molar-refractivity contribution in [3.05, 3.63) is 22.8 Å². The molecule has 4 nitrogen and oxygen atoms in total. The van der Waals surface area contributed by atoms with Gasteiger partial charge >= 0.3 is 0 Å². The van der Waals surface area contributed by atoms with Crippen LogP contribution in [-0.4, -0.2) is 23.6 Å². The maximum atomic E-state index is 5.70. The van der Waals surface area contributed by atoms with Crippen molar-refractivity contribution in [1.82, 2.24) is 9.97 Å². The predicted molar refractivity (Wildman–Crippen MR) is 78.1 cm³/mol. The van der Waals surface area contributed by atoms with Crippen molar-refractivity contribution in [2.24, 2.45) is 11.7 Å². The third kappa shape index (κ3) is 4.25. The molecule has 1 aromatic rings. The van der Waals surface area contributed by atoms with Gasteiger partial charge in [0.15, 0.2) is 5.82 Å². The number of methoxy groups -OCH3 is 1. The molecule has 0 amide bonds. The second-order valence-corrected chi connectivity index (χ2v) is 5.29. The summed E-state index contributed by atoms with van der Waals surface area (Å²) in [5, 5.41) is 0. The largest absolute Gasteiger partial charge is 0.373 e. The highest BCUT2D eigenvalue weighted by molar-refractivity contribution is 5.25. The van der Waals surface area contributed by atoms with Gasteiger partial charge in [-0.15, -0.1) is 0 Å². The third-order valence-electron chi connectivity index (χ3n) is 3.52. The molecule has 2 unspecified atom stereocenters. The van der Waals surface area contributed by atoms with Gasteiger partial charge in [0.1, 0.15) is 6.10 Å². The molecule has 0 spiro atoms. The lowest BCUT2D eigenvalue weighted by Crippen LogP contribution is -2.17. The number of aryl methyl sites for hydroxylation is 2. The SMILES string of the molecule is CCCC(OC)c1nc(C)c(CC(C)CN)c(C)n1. The van der Waals surface area contributed by atoms with E-state index in [2.05, 4.69) is 37.7 Å². The minimum absolute atomic E-state index is 0.00313. The van der Waals surface area contributed by atoms with Gasteiger partial charge in [0.2, 0.25) is 0 Å². The summed E-state index contributed by atoms with van der Waals surface area (Å²) in [5.41, 5.74) is 9.04. The Balaban J connectivity index is 3.01. The van der Waals surface area contributed by atoms with Gasteiger partial charge in [-0.25, -0.2) is 9.97 Å². The van der Waals surface area contributed by atoms with Crippen LogP contribution >= 0.6 is 0 Å². The standard InChI is InChI=1S/C15H27N3O/c1-6-7-14(19-5)15-17-11(3)13(12(4)18-15)8-10(2)9-16/h10,14H,6-9,16H2,1-5H3. The molecular weight excluding hydrogens is 238 g/mol. The van der Waals surface area contributed by atoms with E-state index >= 15 is 0 Å². The molecule has 2 atom stereocenters. The molecule has 0 aromatic carbocycles. The van der Waals surface area contributed by atoms with Gasteiger partial charge in [0.25, 0.3) is 0 Å². The number of rotatable bonds is 7. The predicted octanol–water partition coefficient (Wildman–Crippen LogP) is 2.72. The highest BCUT2D eigenvalue weighted by Gasteiger charge is 2.17. The Labute approximate surface area is 116 Å². The van der Waals surface area contributed by atoms with Crippen LogP contribution in [0.2, 0.25) is 0 Å². The number of hydrogen-bond acceptors (Lipinski definition) is 4. The van der Waals surface area contributed by atoms with Crippen molar-refractivity contribution in [3.8, 4) is 0 Å². The van der Waals surface area contributed by atoms with E-state index in [9.17, 15) is 0 Å². The van der Waals surface area contributed by atoms with Crippen LogP contribution in [0.5, 0.6) is 0 Å². The van der Waals surface area contributed by atoms with E-state index in [0.717, 1.165) is 36.5 Å². The number of aromatic nitrogens is 2. The van der Waals surface area contributed by atoms with E-state index in [0.29, 0.717) is 12.5 Å². The Kier molecular flexibility index (Phi) is 6.38. The van der Waals surface area contributed by atoms with Crippen molar-refractivity contribution in [2.75, 3.05) is 13.7 Å². The Morgan fingerprint density at radius 1 is 1.21 bits per heavy atom. The van der Waals surface area contributed by atoms with Gasteiger partial charge in [-0.2, -0.15) is 0 Å². The molecule has 108 valence electrons. The van der Waals surface area contributed by atoms with Crippen LogP contribution in [-0.2, 0) is 11.2 Å². The minimum atomic E-state index is 0.00313. The Morgan fingerprint density at radius 2 is 1.79 bits per heavy atom. The molecule has 0 saturated heterocycles. The Bertz CT molecular complexity index is 383. The normalized spacial score (nSPS) is 14.4. The molecule has 2 N–H and O–H groups in total. The lowest BCUT2D eigenvalue weighted by Gasteiger charge is -2.18. The van der Waals surface area contributed by atoms with Gasteiger partial charge in [0, 0.05) is 18.5 Å². The lowest BCUT2D eigenvalue weighted by atomic mass is 9.98. The summed E-state index contributed by atoms with van der Waals surface area (Å²) >= 11 is 0. The third-order valence-corrected chi connectivity index (χ3v) is 3.52. The summed E-state index contributed by atoms with van der Waals surface area (Å²) in [6, 6.07) is 0. The first-order valence-electron chi connectivity index (χ1n) is 7.10. The van der Waals surface area contributed by atoms with E-state index in [1.807, 2.05) is 0 Å². The molecule has 1 heterocycles. The lowest BCUT2D eigenvalue weighted by molar-refractivity contribution is 0.0872. The quantitative estimate of drug-likeness (QED) is 0.823. The van der Waals surface area contributed by atoms with E-state index in [1.54, 1.807) is 7.11 Å². The monoisotopic (exact) mass is 265 g/mol. The number of nitrogens with two attached hydrogens (primary N) is 1. The first-order chi connectivity index (χ1) is 9.03. The van der Waals surface area contributed by atoms with E-state index in [4.69, 9.17) is 10.5 Å². The summed E-state index contributed by atoms with van der Waals surface area (Å²) in [6.07, 6.45) is 2.96. The maximum absolute atomic E-state index is 5.70. The van der Waals surface area contributed by atoms with Crippen molar-refractivity contribution < 1.29 is 4.74 Å².